The van der Waals surface area contributed by atoms with Gasteiger partial charge in [0.15, 0.2) is 0 Å². The van der Waals surface area contributed by atoms with E-state index in [1.165, 1.54) is 186 Å². The molecular weight excluding hydrogens is 770 g/mol. The molecule has 0 aliphatic rings. The van der Waals surface area contributed by atoms with Crippen LogP contribution in [-0.2, 0) is 27.9 Å². The van der Waals surface area contributed by atoms with Gasteiger partial charge in [0.1, 0.15) is 19.3 Å². The van der Waals surface area contributed by atoms with Crippen LogP contribution in [0.4, 0.5) is 0 Å². The number of allylic oxidation sites excluding steroid dienone is 4. The van der Waals surface area contributed by atoms with E-state index in [0.717, 1.165) is 32.1 Å². The number of carbonyl (C=O) groups excluding carboxylic acids is 1. The number of hydrogen-bond donors (Lipinski definition) is 1. The third-order valence-corrected chi connectivity index (χ3v) is 12.2. The highest BCUT2D eigenvalue weighted by Crippen LogP contribution is 2.43. The number of rotatable bonds is 48. The molecule has 0 saturated heterocycles. The van der Waals surface area contributed by atoms with Gasteiger partial charge in [-0.1, -0.05) is 192 Å². The van der Waals surface area contributed by atoms with Gasteiger partial charge in [-0.25, -0.2) is 4.57 Å². The molecule has 0 heterocycles. The molecule has 0 radical (unpaired) electrons. The van der Waals surface area contributed by atoms with E-state index in [1.54, 1.807) is 0 Å². The number of unbranched alkanes of at least 4 members (excludes halogenated alkanes) is 30. The van der Waals surface area contributed by atoms with Crippen LogP contribution in [0.15, 0.2) is 24.3 Å². The summed E-state index contributed by atoms with van der Waals surface area (Å²) in [6.07, 6.45) is 52.2. The number of nitrogens with zero attached hydrogens (tertiary/aromatic N) is 1. The summed E-state index contributed by atoms with van der Waals surface area (Å²) in [4.78, 5) is 23.0. The summed E-state index contributed by atoms with van der Waals surface area (Å²) in [5.41, 5.74) is 0. The van der Waals surface area contributed by atoms with E-state index < -0.39 is 13.9 Å². The Kier molecular flexibility index (Phi) is 43.8. The third-order valence-electron chi connectivity index (χ3n) is 11.2. The molecular formula is C51H101NO7P+. The molecule has 0 amide bonds. The summed E-state index contributed by atoms with van der Waals surface area (Å²) in [5, 5.41) is 0. The van der Waals surface area contributed by atoms with Crippen molar-refractivity contribution in [2.75, 3.05) is 54.1 Å². The van der Waals surface area contributed by atoms with Gasteiger partial charge in [0.2, 0.25) is 0 Å². The van der Waals surface area contributed by atoms with Gasteiger partial charge in [-0.2, -0.15) is 0 Å². The Labute approximate surface area is 373 Å². The average molecular weight is 871 g/mol. The highest BCUT2D eigenvalue weighted by molar-refractivity contribution is 7.47. The third kappa shape index (κ3) is 48.0. The Bertz CT molecular complexity index is 1010. The SMILES string of the molecule is CCCCCCCC/C=C\CCCCCCCCCCCC(=O)OC(COCCCCCCCCCC/C=C\CCCCCCCCC)COP(=O)(O)OCC[N+](C)(C)C. The van der Waals surface area contributed by atoms with Crippen molar-refractivity contribution in [2.45, 2.75) is 245 Å². The number of esters is 1. The summed E-state index contributed by atoms with van der Waals surface area (Å²) < 4.78 is 35.2. The van der Waals surface area contributed by atoms with Gasteiger partial charge in [0.05, 0.1) is 34.4 Å². The smallest absolute Gasteiger partial charge is 0.457 e. The van der Waals surface area contributed by atoms with Gasteiger partial charge in [0, 0.05) is 13.0 Å². The highest BCUT2D eigenvalue weighted by atomic mass is 31.2. The number of carbonyl (C=O) groups is 1. The van der Waals surface area contributed by atoms with E-state index in [1.807, 2.05) is 21.1 Å². The molecule has 356 valence electrons. The molecule has 0 aromatic carbocycles. The fraction of sp³-hybridized carbons (Fsp3) is 0.902. The Morgan fingerprint density at radius 2 is 0.867 bits per heavy atom. The van der Waals surface area contributed by atoms with Crippen molar-refractivity contribution in [2.24, 2.45) is 0 Å². The number of hydrogen-bond acceptors (Lipinski definition) is 6. The molecule has 0 spiro atoms. The summed E-state index contributed by atoms with van der Waals surface area (Å²) in [6.45, 7) is 5.65. The molecule has 0 aliphatic heterocycles. The largest absolute Gasteiger partial charge is 0.472 e. The molecule has 0 bridgehead atoms. The van der Waals surface area contributed by atoms with Crippen molar-refractivity contribution in [1.82, 2.24) is 0 Å². The van der Waals surface area contributed by atoms with Crippen molar-refractivity contribution in [3.63, 3.8) is 0 Å². The van der Waals surface area contributed by atoms with Crippen LogP contribution in [0.25, 0.3) is 0 Å². The molecule has 8 nitrogen and oxygen atoms in total. The van der Waals surface area contributed by atoms with E-state index in [2.05, 4.69) is 38.2 Å². The first kappa shape index (κ1) is 59.0. The van der Waals surface area contributed by atoms with Crippen LogP contribution < -0.4 is 0 Å². The van der Waals surface area contributed by atoms with Crippen LogP contribution in [0.5, 0.6) is 0 Å². The summed E-state index contributed by atoms with van der Waals surface area (Å²) in [5.74, 6) is -0.313. The van der Waals surface area contributed by atoms with Crippen molar-refractivity contribution < 1.29 is 37.3 Å². The maximum atomic E-state index is 12.8. The fourth-order valence-electron chi connectivity index (χ4n) is 7.25. The van der Waals surface area contributed by atoms with Crippen molar-refractivity contribution >= 4 is 13.8 Å². The minimum atomic E-state index is -4.28. The number of phosphoric ester groups is 1. The molecule has 2 atom stereocenters. The van der Waals surface area contributed by atoms with Gasteiger partial charge in [-0.15, -0.1) is 0 Å². The Morgan fingerprint density at radius 3 is 1.27 bits per heavy atom. The van der Waals surface area contributed by atoms with Crippen molar-refractivity contribution in [3.8, 4) is 0 Å². The Balaban J connectivity index is 4.14. The quantitative estimate of drug-likeness (QED) is 0.0214. The second kappa shape index (κ2) is 44.6. The van der Waals surface area contributed by atoms with Gasteiger partial charge >= 0.3 is 13.8 Å². The van der Waals surface area contributed by atoms with Crippen LogP contribution in [-0.4, -0.2) is 75.6 Å². The lowest BCUT2D eigenvalue weighted by atomic mass is 10.1. The zero-order valence-electron chi connectivity index (χ0n) is 40.5. The lowest BCUT2D eigenvalue weighted by Gasteiger charge is -2.24. The second-order valence-corrected chi connectivity index (χ2v) is 20.0. The van der Waals surface area contributed by atoms with Crippen LogP contribution in [0, 0.1) is 0 Å². The number of likely N-dealkylation sites (N-methyl/N-ethyl adjacent to an activating group) is 1. The minimum Gasteiger partial charge on any atom is -0.457 e. The van der Waals surface area contributed by atoms with Crippen molar-refractivity contribution in [3.05, 3.63) is 24.3 Å². The minimum absolute atomic E-state index is 0.0893. The molecule has 0 rings (SSSR count). The van der Waals surface area contributed by atoms with Gasteiger partial charge in [0.25, 0.3) is 0 Å². The molecule has 60 heavy (non-hydrogen) atoms. The number of phosphoric acid groups is 1. The van der Waals surface area contributed by atoms with Crippen LogP contribution in [0.3, 0.4) is 0 Å². The predicted molar refractivity (Wildman–Crippen MR) is 257 cm³/mol. The maximum absolute atomic E-state index is 12.8. The Hall–Kier alpha value is -1.02. The molecule has 0 aromatic rings. The van der Waals surface area contributed by atoms with E-state index in [0.29, 0.717) is 24.1 Å². The lowest BCUT2D eigenvalue weighted by Crippen LogP contribution is -2.37. The van der Waals surface area contributed by atoms with Crippen LogP contribution in [0.2, 0.25) is 0 Å². The predicted octanol–water partition coefficient (Wildman–Crippen LogP) is 15.6. The molecule has 0 aliphatic carbocycles. The summed E-state index contributed by atoms with van der Waals surface area (Å²) in [7, 11) is 1.67. The molecule has 1 N–H and O–H groups in total. The molecule has 9 heteroatoms. The van der Waals surface area contributed by atoms with Crippen molar-refractivity contribution in [1.29, 1.82) is 0 Å². The zero-order chi connectivity index (χ0) is 44.1. The zero-order valence-corrected chi connectivity index (χ0v) is 41.4. The topological polar surface area (TPSA) is 91.3 Å². The van der Waals surface area contributed by atoms with Gasteiger partial charge in [-0.3, -0.25) is 13.8 Å². The first-order chi connectivity index (χ1) is 29.1. The van der Waals surface area contributed by atoms with Gasteiger partial charge in [-0.05, 0) is 64.2 Å². The van der Waals surface area contributed by atoms with E-state index in [-0.39, 0.29) is 25.8 Å². The number of ether oxygens (including phenoxy) is 2. The first-order valence-electron chi connectivity index (χ1n) is 25.6. The van der Waals surface area contributed by atoms with Crippen LogP contribution >= 0.6 is 7.82 Å². The normalized spacial score (nSPS) is 13.8. The summed E-state index contributed by atoms with van der Waals surface area (Å²) in [6, 6.07) is 0. The highest BCUT2D eigenvalue weighted by Gasteiger charge is 2.26. The molecule has 0 aromatic heterocycles. The second-order valence-electron chi connectivity index (χ2n) is 18.5. The van der Waals surface area contributed by atoms with E-state index in [4.69, 9.17) is 18.5 Å². The van der Waals surface area contributed by atoms with Gasteiger partial charge < -0.3 is 18.9 Å². The average Bonchev–Trinajstić information content (AvgIpc) is 3.20. The Morgan fingerprint density at radius 1 is 0.500 bits per heavy atom. The standard InChI is InChI=1S/C51H100NO7P/c1-6-8-10-12-14-16-18-20-22-24-26-28-30-32-34-36-38-40-42-44-51(53)59-50(49-58-60(54,55)57-47-45-52(3,4)5)48-56-46-43-41-39-37-35-33-31-29-27-25-23-21-19-17-15-13-11-9-7-2/h20,22-23,25,50H,6-19,21,24,26-49H2,1-5H3/p+1/b22-20-,25-23-. The lowest BCUT2D eigenvalue weighted by molar-refractivity contribution is -0.870. The van der Waals surface area contributed by atoms with Crippen LogP contribution in [0.1, 0.15) is 239 Å². The molecule has 2 unspecified atom stereocenters. The molecule has 0 fully saturated rings. The maximum Gasteiger partial charge on any atom is 0.472 e. The van der Waals surface area contributed by atoms with E-state index in [9.17, 15) is 14.3 Å². The fourth-order valence-corrected chi connectivity index (χ4v) is 7.99. The molecule has 0 saturated carbocycles. The first-order valence-corrected chi connectivity index (χ1v) is 27.1. The summed E-state index contributed by atoms with van der Waals surface area (Å²) >= 11 is 0. The van der Waals surface area contributed by atoms with E-state index >= 15 is 0 Å². The number of quaternary nitrogens is 1. The monoisotopic (exact) mass is 871 g/mol.